The Labute approximate surface area is 142 Å². The summed E-state index contributed by atoms with van der Waals surface area (Å²) in [5.74, 6) is -0.250. The Morgan fingerprint density at radius 1 is 1.33 bits per heavy atom. The summed E-state index contributed by atoms with van der Waals surface area (Å²) in [6.07, 6.45) is 1.52. The number of nitrogens with one attached hydrogen (secondary N) is 1. The van der Waals surface area contributed by atoms with Gasteiger partial charge in [-0.15, -0.1) is 0 Å². The molecular formula is C15H13ClN4O4. The molecule has 24 heavy (non-hydrogen) atoms. The van der Waals surface area contributed by atoms with Crippen LogP contribution >= 0.6 is 11.6 Å². The zero-order valence-corrected chi connectivity index (χ0v) is 13.1. The number of hydrogen-bond donors (Lipinski definition) is 2. The Balaban J connectivity index is 1.97. The van der Waals surface area contributed by atoms with E-state index in [1.807, 2.05) is 0 Å². The number of nitrogens with zero attached hydrogens (tertiary/aromatic N) is 2. The van der Waals surface area contributed by atoms with E-state index in [1.54, 1.807) is 30.3 Å². The van der Waals surface area contributed by atoms with E-state index >= 15 is 0 Å². The van der Waals surface area contributed by atoms with Crippen LogP contribution in [0.5, 0.6) is 5.75 Å². The molecule has 0 radical (unpaired) electrons. The number of carbonyl (C=O) groups is 1. The zero-order valence-electron chi connectivity index (χ0n) is 12.3. The van der Waals surface area contributed by atoms with Crippen LogP contribution in [0, 0.1) is 10.1 Å². The average Bonchev–Trinajstić information content (AvgIpc) is 2.54. The Hall–Kier alpha value is -3.13. The molecule has 0 heterocycles. The number of non-ortho nitro benzene ring substituents is 1. The van der Waals surface area contributed by atoms with E-state index in [0.717, 1.165) is 0 Å². The van der Waals surface area contributed by atoms with Crippen molar-refractivity contribution in [2.75, 3.05) is 12.0 Å². The SMILES string of the molecule is NC(=O)COc1ccc(C=NNc2ccc([N+](=O)[O-])cc2)cc1Cl. The van der Waals surface area contributed by atoms with E-state index < -0.39 is 10.8 Å². The summed E-state index contributed by atoms with van der Waals surface area (Å²) in [5, 5.41) is 14.9. The minimum Gasteiger partial charge on any atom is -0.482 e. The average molecular weight is 349 g/mol. The maximum atomic E-state index is 10.7. The predicted molar refractivity (Wildman–Crippen MR) is 90.5 cm³/mol. The molecule has 0 atom stereocenters. The highest BCUT2D eigenvalue weighted by Crippen LogP contribution is 2.24. The lowest BCUT2D eigenvalue weighted by Gasteiger charge is -2.06. The Morgan fingerprint density at radius 3 is 2.62 bits per heavy atom. The molecule has 0 saturated carbocycles. The number of nitro benzene ring substituents is 1. The number of hydrogen-bond acceptors (Lipinski definition) is 6. The number of amides is 1. The van der Waals surface area contributed by atoms with Crippen molar-refractivity contribution in [3.8, 4) is 5.75 Å². The predicted octanol–water partition coefficient (Wildman–Crippen LogP) is 2.56. The van der Waals surface area contributed by atoms with Crippen molar-refractivity contribution in [2.24, 2.45) is 10.8 Å². The van der Waals surface area contributed by atoms with Gasteiger partial charge in [0.2, 0.25) is 0 Å². The summed E-state index contributed by atoms with van der Waals surface area (Å²) >= 11 is 6.03. The minimum atomic E-state index is -0.594. The molecule has 2 aromatic carbocycles. The Kier molecular flexibility index (Phi) is 5.69. The number of benzene rings is 2. The molecule has 2 aromatic rings. The summed E-state index contributed by atoms with van der Waals surface area (Å²) in [6.45, 7) is -0.255. The molecule has 3 N–H and O–H groups in total. The lowest BCUT2D eigenvalue weighted by atomic mass is 10.2. The molecule has 0 unspecified atom stereocenters. The second kappa shape index (κ2) is 7.93. The molecule has 2 rings (SSSR count). The molecule has 1 amide bonds. The van der Waals surface area contributed by atoms with E-state index in [1.165, 1.54) is 18.3 Å². The fourth-order valence-corrected chi connectivity index (χ4v) is 1.95. The molecule has 0 aliphatic rings. The molecule has 0 aliphatic carbocycles. The number of rotatable bonds is 7. The van der Waals surface area contributed by atoms with Crippen LogP contribution in [-0.2, 0) is 4.79 Å². The maximum Gasteiger partial charge on any atom is 0.269 e. The molecule has 0 fully saturated rings. The first-order valence-electron chi connectivity index (χ1n) is 6.70. The van der Waals surface area contributed by atoms with Crippen molar-refractivity contribution < 1.29 is 14.5 Å². The molecule has 0 bridgehead atoms. The van der Waals surface area contributed by atoms with Gasteiger partial charge in [-0.25, -0.2) is 0 Å². The van der Waals surface area contributed by atoms with E-state index in [4.69, 9.17) is 22.1 Å². The topological polar surface area (TPSA) is 120 Å². The van der Waals surface area contributed by atoms with E-state index in [2.05, 4.69) is 10.5 Å². The molecular weight excluding hydrogens is 336 g/mol. The van der Waals surface area contributed by atoms with Crippen LogP contribution in [0.3, 0.4) is 0 Å². The van der Waals surface area contributed by atoms with Gasteiger partial charge >= 0.3 is 0 Å². The van der Waals surface area contributed by atoms with Gasteiger partial charge in [-0.3, -0.25) is 20.3 Å². The van der Waals surface area contributed by atoms with Crippen molar-refractivity contribution in [3.63, 3.8) is 0 Å². The monoisotopic (exact) mass is 348 g/mol. The van der Waals surface area contributed by atoms with E-state index in [0.29, 0.717) is 22.0 Å². The van der Waals surface area contributed by atoms with Crippen LogP contribution in [0.4, 0.5) is 11.4 Å². The highest BCUT2D eigenvalue weighted by atomic mass is 35.5. The molecule has 0 aliphatic heterocycles. The normalized spacial score (nSPS) is 10.5. The van der Waals surface area contributed by atoms with E-state index in [-0.39, 0.29) is 12.3 Å². The van der Waals surface area contributed by atoms with Gasteiger partial charge in [0.1, 0.15) is 5.75 Å². The fraction of sp³-hybridized carbons (Fsp3) is 0.0667. The number of nitro groups is 1. The van der Waals surface area contributed by atoms with Crippen molar-refractivity contribution >= 4 is 35.1 Å². The maximum absolute atomic E-state index is 10.7. The van der Waals surface area contributed by atoms with Crippen LogP contribution in [-0.4, -0.2) is 23.7 Å². The van der Waals surface area contributed by atoms with Crippen LogP contribution in [0.25, 0.3) is 0 Å². The van der Waals surface area contributed by atoms with Crippen molar-refractivity contribution in [2.45, 2.75) is 0 Å². The van der Waals surface area contributed by atoms with E-state index in [9.17, 15) is 14.9 Å². The number of halogens is 1. The summed E-state index contributed by atoms with van der Waals surface area (Å²) in [6, 6.07) is 10.7. The number of nitrogens with two attached hydrogens (primary N) is 1. The summed E-state index contributed by atoms with van der Waals surface area (Å²) < 4.78 is 5.14. The summed E-state index contributed by atoms with van der Waals surface area (Å²) in [7, 11) is 0. The Bertz CT molecular complexity index is 778. The first kappa shape index (κ1) is 17.2. The van der Waals surface area contributed by atoms with Gasteiger partial charge in [-0.2, -0.15) is 5.10 Å². The largest absolute Gasteiger partial charge is 0.482 e. The second-order valence-corrected chi connectivity index (χ2v) is 5.03. The van der Waals surface area contributed by atoms with Gasteiger partial charge in [0.25, 0.3) is 11.6 Å². The number of hydrazone groups is 1. The highest BCUT2D eigenvalue weighted by molar-refractivity contribution is 6.32. The third-order valence-electron chi connectivity index (χ3n) is 2.81. The lowest BCUT2D eigenvalue weighted by Crippen LogP contribution is -2.20. The van der Waals surface area contributed by atoms with Crippen LogP contribution < -0.4 is 15.9 Å². The molecule has 9 heteroatoms. The van der Waals surface area contributed by atoms with Gasteiger partial charge in [-0.1, -0.05) is 11.6 Å². The first-order chi connectivity index (χ1) is 11.5. The van der Waals surface area contributed by atoms with Crippen molar-refractivity contribution in [3.05, 3.63) is 63.2 Å². The third kappa shape index (κ3) is 4.96. The Morgan fingerprint density at radius 2 is 2.04 bits per heavy atom. The molecule has 0 aromatic heterocycles. The standard InChI is InChI=1S/C15H13ClN4O4/c16-13-7-10(1-6-14(13)24-9-15(17)21)8-18-19-11-2-4-12(5-3-11)20(22)23/h1-8,19H,9H2,(H2,17,21). The molecule has 8 nitrogen and oxygen atoms in total. The van der Waals surface area contributed by atoms with Gasteiger partial charge in [0, 0.05) is 12.1 Å². The smallest absolute Gasteiger partial charge is 0.269 e. The number of anilines is 1. The van der Waals surface area contributed by atoms with Gasteiger partial charge in [0.05, 0.1) is 21.8 Å². The molecule has 0 spiro atoms. The summed E-state index contributed by atoms with van der Waals surface area (Å²) in [4.78, 5) is 20.8. The fourth-order valence-electron chi connectivity index (χ4n) is 1.70. The van der Waals surface area contributed by atoms with Crippen LogP contribution in [0.2, 0.25) is 5.02 Å². The van der Waals surface area contributed by atoms with Crippen molar-refractivity contribution in [1.82, 2.24) is 0 Å². The van der Waals surface area contributed by atoms with Gasteiger partial charge in [-0.05, 0) is 35.9 Å². The minimum absolute atomic E-state index is 0.00265. The molecule has 0 saturated heterocycles. The lowest BCUT2D eigenvalue weighted by molar-refractivity contribution is -0.384. The quantitative estimate of drug-likeness (QED) is 0.452. The highest BCUT2D eigenvalue weighted by Gasteiger charge is 2.05. The van der Waals surface area contributed by atoms with Crippen LogP contribution in [0.15, 0.2) is 47.6 Å². The molecule has 124 valence electrons. The van der Waals surface area contributed by atoms with Crippen LogP contribution in [0.1, 0.15) is 5.56 Å². The van der Waals surface area contributed by atoms with Gasteiger partial charge in [0.15, 0.2) is 6.61 Å². The summed E-state index contributed by atoms with van der Waals surface area (Å²) in [5.41, 5.74) is 9.04. The van der Waals surface area contributed by atoms with Crippen molar-refractivity contribution in [1.29, 1.82) is 0 Å². The number of primary amides is 1. The zero-order chi connectivity index (χ0) is 17.5. The second-order valence-electron chi connectivity index (χ2n) is 4.62. The van der Waals surface area contributed by atoms with Gasteiger partial charge < -0.3 is 10.5 Å². The number of ether oxygens (including phenoxy) is 1. The first-order valence-corrected chi connectivity index (χ1v) is 7.07. The third-order valence-corrected chi connectivity index (χ3v) is 3.11. The number of carbonyl (C=O) groups excluding carboxylic acids is 1.